The van der Waals surface area contributed by atoms with E-state index < -0.39 is 0 Å². The molecule has 6 heteroatoms. The van der Waals surface area contributed by atoms with E-state index in [1.807, 2.05) is 20.8 Å². The first-order valence-electron chi connectivity index (χ1n) is 4.67. The molecule has 0 radical (unpaired) electrons. The molecule has 84 valence electrons. The summed E-state index contributed by atoms with van der Waals surface area (Å²) in [6.45, 7) is 5.70. The number of halogens is 1. The van der Waals surface area contributed by atoms with E-state index >= 15 is 0 Å². The molecule has 0 bridgehead atoms. The fraction of sp³-hybridized carbons (Fsp3) is 0.300. The molecule has 0 atom stereocenters. The number of rotatable bonds is 2. The summed E-state index contributed by atoms with van der Waals surface area (Å²) in [6.07, 6.45) is 1.68. The van der Waals surface area contributed by atoms with Gasteiger partial charge in [0.2, 0.25) is 5.28 Å². The molecule has 0 unspecified atom stereocenters. The highest BCUT2D eigenvalue weighted by Crippen LogP contribution is 2.29. The van der Waals surface area contributed by atoms with Crippen LogP contribution >= 0.6 is 23.4 Å². The van der Waals surface area contributed by atoms with Gasteiger partial charge in [0.25, 0.3) is 5.22 Å². The standard InChI is InChI=1S/C10H10ClN3OS/c1-5-4-12-9(11)14-8(5)16-10-13-6(2)7(3)15-10/h4H,1-3H3. The fourth-order valence-electron chi connectivity index (χ4n) is 1.08. The van der Waals surface area contributed by atoms with Crippen LogP contribution in [0.15, 0.2) is 20.9 Å². The molecule has 2 rings (SSSR count). The Morgan fingerprint density at radius 2 is 2.00 bits per heavy atom. The second-order valence-corrected chi connectivity index (χ2v) is 4.63. The molecule has 0 aromatic carbocycles. The molecular formula is C10H10ClN3OS. The van der Waals surface area contributed by atoms with E-state index in [2.05, 4.69) is 15.0 Å². The van der Waals surface area contributed by atoms with Crippen LogP contribution in [-0.4, -0.2) is 15.0 Å². The maximum absolute atomic E-state index is 5.73. The van der Waals surface area contributed by atoms with Gasteiger partial charge in [-0.3, -0.25) is 0 Å². The molecule has 0 spiro atoms. The normalized spacial score (nSPS) is 10.8. The van der Waals surface area contributed by atoms with E-state index in [1.165, 1.54) is 11.8 Å². The van der Waals surface area contributed by atoms with Crippen LogP contribution in [0.2, 0.25) is 5.28 Å². The topological polar surface area (TPSA) is 51.8 Å². The van der Waals surface area contributed by atoms with Crippen LogP contribution < -0.4 is 0 Å². The first-order valence-corrected chi connectivity index (χ1v) is 5.86. The first kappa shape index (κ1) is 11.4. The molecule has 0 aliphatic heterocycles. The monoisotopic (exact) mass is 255 g/mol. The maximum Gasteiger partial charge on any atom is 0.262 e. The van der Waals surface area contributed by atoms with E-state index in [0.717, 1.165) is 22.0 Å². The van der Waals surface area contributed by atoms with Gasteiger partial charge in [-0.1, -0.05) is 0 Å². The van der Waals surface area contributed by atoms with E-state index in [4.69, 9.17) is 16.0 Å². The van der Waals surface area contributed by atoms with Crippen LogP contribution in [0, 0.1) is 20.8 Å². The average molecular weight is 256 g/mol. The molecule has 0 aliphatic carbocycles. The van der Waals surface area contributed by atoms with Gasteiger partial charge in [0, 0.05) is 11.8 Å². The lowest BCUT2D eigenvalue weighted by Gasteiger charge is -2.00. The summed E-state index contributed by atoms with van der Waals surface area (Å²) >= 11 is 7.08. The lowest BCUT2D eigenvalue weighted by molar-refractivity contribution is 0.431. The maximum atomic E-state index is 5.73. The Hall–Kier alpha value is -1.07. The largest absolute Gasteiger partial charge is 0.436 e. The third kappa shape index (κ3) is 2.36. The van der Waals surface area contributed by atoms with Gasteiger partial charge in [0.1, 0.15) is 10.8 Å². The predicted octanol–water partition coefficient (Wildman–Crippen LogP) is 3.19. The summed E-state index contributed by atoms with van der Waals surface area (Å²) < 4.78 is 5.46. The molecule has 0 N–H and O–H groups in total. The molecule has 0 aliphatic rings. The van der Waals surface area contributed by atoms with Crippen molar-refractivity contribution in [2.45, 2.75) is 31.0 Å². The van der Waals surface area contributed by atoms with Crippen molar-refractivity contribution in [3.63, 3.8) is 0 Å². The van der Waals surface area contributed by atoms with Gasteiger partial charge in [0.05, 0.1) is 5.69 Å². The minimum Gasteiger partial charge on any atom is -0.436 e. The van der Waals surface area contributed by atoms with Gasteiger partial charge in [-0.05, 0) is 44.1 Å². The number of aryl methyl sites for hydroxylation is 3. The van der Waals surface area contributed by atoms with Gasteiger partial charge >= 0.3 is 0 Å². The van der Waals surface area contributed by atoms with Crippen molar-refractivity contribution in [2.75, 3.05) is 0 Å². The number of hydrogen-bond acceptors (Lipinski definition) is 5. The van der Waals surface area contributed by atoms with Crippen molar-refractivity contribution in [3.8, 4) is 0 Å². The van der Waals surface area contributed by atoms with Crippen LogP contribution in [0.4, 0.5) is 0 Å². The molecule has 2 aromatic heterocycles. The third-order valence-electron chi connectivity index (χ3n) is 2.09. The Morgan fingerprint density at radius 1 is 1.25 bits per heavy atom. The van der Waals surface area contributed by atoms with Crippen molar-refractivity contribution in [3.05, 3.63) is 28.5 Å². The Labute approximate surface area is 102 Å². The zero-order chi connectivity index (χ0) is 11.7. The lowest BCUT2D eigenvalue weighted by atomic mass is 10.4. The van der Waals surface area contributed by atoms with Crippen LogP contribution in [0.1, 0.15) is 17.0 Å². The van der Waals surface area contributed by atoms with Gasteiger partial charge in [0.15, 0.2) is 0 Å². The van der Waals surface area contributed by atoms with E-state index in [-0.39, 0.29) is 5.28 Å². The zero-order valence-electron chi connectivity index (χ0n) is 9.11. The molecule has 0 amide bonds. The van der Waals surface area contributed by atoms with E-state index in [1.54, 1.807) is 6.20 Å². The molecular weight excluding hydrogens is 246 g/mol. The summed E-state index contributed by atoms with van der Waals surface area (Å²) in [6, 6.07) is 0. The second kappa shape index (κ2) is 4.43. The molecule has 0 fully saturated rings. The number of hydrogen-bond donors (Lipinski definition) is 0. The second-order valence-electron chi connectivity index (χ2n) is 3.35. The van der Waals surface area contributed by atoms with Gasteiger partial charge in [-0.25, -0.2) is 15.0 Å². The number of aromatic nitrogens is 3. The summed E-state index contributed by atoms with van der Waals surface area (Å²) in [5.74, 6) is 0.820. The van der Waals surface area contributed by atoms with E-state index in [0.29, 0.717) is 5.22 Å². The lowest BCUT2D eigenvalue weighted by Crippen LogP contribution is -1.89. The molecule has 0 saturated carbocycles. The molecule has 2 aromatic rings. The zero-order valence-corrected chi connectivity index (χ0v) is 10.7. The van der Waals surface area contributed by atoms with Crippen LogP contribution in [-0.2, 0) is 0 Å². The van der Waals surface area contributed by atoms with Crippen molar-refractivity contribution < 1.29 is 4.42 Å². The highest BCUT2D eigenvalue weighted by Gasteiger charge is 2.11. The van der Waals surface area contributed by atoms with Gasteiger partial charge in [-0.15, -0.1) is 0 Å². The summed E-state index contributed by atoms with van der Waals surface area (Å²) in [5, 5.41) is 1.57. The molecule has 0 saturated heterocycles. The van der Waals surface area contributed by atoms with Crippen LogP contribution in [0.25, 0.3) is 0 Å². The SMILES string of the molecule is Cc1cnc(Cl)nc1Sc1nc(C)c(C)o1. The third-order valence-corrected chi connectivity index (χ3v) is 3.23. The van der Waals surface area contributed by atoms with Gasteiger partial charge in [-0.2, -0.15) is 0 Å². The highest BCUT2D eigenvalue weighted by atomic mass is 35.5. The first-order chi connectivity index (χ1) is 7.56. The van der Waals surface area contributed by atoms with Crippen molar-refractivity contribution >= 4 is 23.4 Å². The van der Waals surface area contributed by atoms with Crippen molar-refractivity contribution in [1.82, 2.24) is 15.0 Å². The Morgan fingerprint density at radius 3 is 2.62 bits per heavy atom. The highest BCUT2D eigenvalue weighted by molar-refractivity contribution is 7.99. The van der Waals surface area contributed by atoms with Crippen LogP contribution in [0.5, 0.6) is 0 Å². The average Bonchev–Trinajstić information content (AvgIpc) is 2.52. The molecule has 4 nitrogen and oxygen atoms in total. The molecule has 2 heterocycles. The molecule has 16 heavy (non-hydrogen) atoms. The Kier molecular flexibility index (Phi) is 3.16. The number of nitrogens with zero attached hydrogens (tertiary/aromatic N) is 3. The Balaban J connectivity index is 2.29. The summed E-state index contributed by atoms with van der Waals surface area (Å²) in [5.41, 5.74) is 1.84. The predicted molar refractivity (Wildman–Crippen MR) is 61.9 cm³/mol. The minimum absolute atomic E-state index is 0.230. The smallest absolute Gasteiger partial charge is 0.262 e. The van der Waals surface area contributed by atoms with Crippen molar-refractivity contribution in [1.29, 1.82) is 0 Å². The van der Waals surface area contributed by atoms with Gasteiger partial charge < -0.3 is 4.42 Å². The van der Waals surface area contributed by atoms with Crippen LogP contribution in [0.3, 0.4) is 0 Å². The van der Waals surface area contributed by atoms with Crippen molar-refractivity contribution in [2.24, 2.45) is 0 Å². The summed E-state index contributed by atoms with van der Waals surface area (Å²) in [7, 11) is 0. The quantitative estimate of drug-likeness (QED) is 0.609. The minimum atomic E-state index is 0.230. The number of oxazole rings is 1. The Bertz CT molecular complexity index is 507. The summed E-state index contributed by atoms with van der Waals surface area (Å²) in [4.78, 5) is 12.3. The van der Waals surface area contributed by atoms with E-state index in [9.17, 15) is 0 Å². The fourth-order valence-corrected chi connectivity index (χ4v) is 2.12.